The first-order valence-electron chi connectivity index (χ1n) is 5.47. The maximum absolute atomic E-state index is 10.9. The Labute approximate surface area is 111 Å². The molecule has 0 unspecified atom stereocenters. The second-order valence-corrected chi connectivity index (χ2v) is 5.24. The van der Waals surface area contributed by atoms with Crippen molar-refractivity contribution in [3.8, 4) is 11.5 Å². The molecular formula is C14H12O4S. The van der Waals surface area contributed by atoms with Crippen molar-refractivity contribution >= 4 is 16.2 Å². The molecule has 19 heavy (non-hydrogen) atoms. The van der Waals surface area contributed by atoms with Crippen LogP contribution in [0.15, 0.2) is 60.0 Å². The summed E-state index contributed by atoms with van der Waals surface area (Å²) < 4.78 is 36.1. The molecule has 0 heterocycles. The van der Waals surface area contributed by atoms with Crippen molar-refractivity contribution in [2.45, 2.75) is 4.90 Å². The third-order valence-corrected chi connectivity index (χ3v) is 3.34. The summed E-state index contributed by atoms with van der Waals surface area (Å²) in [5, 5.41) is 0. The summed E-state index contributed by atoms with van der Waals surface area (Å²) in [4.78, 5) is -0.165. The first-order valence-corrected chi connectivity index (χ1v) is 6.91. The summed E-state index contributed by atoms with van der Waals surface area (Å²) in [7, 11) is -4.17. The zero-order chi connectivity index (χ0) is 13.9. The van der Waals surface area contributed by atoms with Gasteiger partial charge in [0.05, 0.1) is 4.90 Å². The number of hydrogen-bond donors (Lipinski definition) is 1. The molecular weight excluding hydrogens is 264 g/mol. The summed E-state index contributed by atoms with van der Waals surface area (Å²) in [5.41, 5.74) is 0.981. The fourth-order valence-corrected chi connectivity index (χ4v) is 1.97. The molecule has 2 rings (SSSR count). The van der Waals surface area contributed by atoms with Crippen LogP contribution in [0.3, 0.4) is 0 Å². The summed E-state index contributed by atoms with van der Waals surface area (Å²) in [6.07, 6.45) is 1.73. The lowest BCUT2D eigenvalue weighted by molar-refractivity contribution is 0.478. The Hall–Kier alpha value is -2.11. The second-order valence-electron chi connectivity index (χ2n) is 3.82. The SMILES string of the molecule is C=Cc1ccc(Oc2ccc(S(=O)(=O)O)cc2)cc1. The molecule has 4 nitrogen and oxygen atoms in total. The van der Waals surface area contributed by atoms with Gasteiger partial charge in [-0.2, -0.15) is 8.42 Å². The van der Waals surface area contributed by atoms with Gasteiger partial charge < -0.3 is 4.74 Å². The van der Waals surface area contributed by atoms with Gasteiger partial charge in [-0.15, -0.1) is 0 Å². The molecule has 0 spiro atoms. The van der Waals surface area contributed by atoms with Gasteiger partial charge in [0, 0.05) is 0 Å². The molecule has 0 aromatic heterocycles. The minimum Gasteiger partial charge on any atom is -0.457 e. The Morgan fingerprint density at radius 3 is 1.84 bits per heavy atom. The number of benzene rings is 2. The zero-order valence-electron chi connectivity index (χ0n) is 9.98. The van der Waals surface area contributed by atoms with Crippen molar-refractivity contribution in [2.75, 3.05) is 0 Å². The lowest BCUT2D eigenvalue weighted by atomic mass is 10.2. The van der Waals surface area contributed by atoms with Crippen LogP contribution in [0, 0.1) is 0 Å². The van der Waals surface area contributed by atoms with Gasteiger partial charge in [-0.25, -0.2) is 0 Å². The Morgan fingerprint density at radius 1 is 0.947 bits per heavy atom. The number of ether oxygens (including phenoxy) is 1. The monoisotopic (exact) mass is 276 g/mol. The van der Waals surface area contributed by atoms with Crippen molar-refractivity contribution in [3.05, 3.63) is 60.7 Å². The first kappa shape index (κ1) is 13.3. The van der Waals surface area contributed by atoms with Crippen molar-refractivity contribution in [2.24, 2.45) is 0 Å². The maximum Gasteiger partial charge on any atom is 0.294 e. The highest BCUT2D eigenvalue weighted by Gasteiger charge is 2.08. The predicted octanol–water partition coefficient (Wildman–Crippen LogP) is 3.37. The predicted molar refractivity (Wildman–Crippen MR) is 72.9 cm³/mol. The van der Waals surface area contributed by atoms with Crippen LogP contribution in [-0.4, -0.2) is 13.0 Å². The smallest absolute Gasteiger partial charge is 0.294 e. The molecule has 5 heteroatoms. The van der Waals surface area contributed by atoms with Gasteiger partial charge in [0.15, 0.2) is 0 Å². The van der Waals surface area contributed by atoms with Crippen LogP contribution < -0.4 is 4.74 Å². The Bertz CT molecular complexity index is 670. The third kappa shape index (κ3) is 3.43. The minimum absolute atomic E-state index is 0.165. The zero-order valence-corrected chi connectivity index (χ0v) is 10.8. The molecule has 0 fully saturated rings. The summed E-state index contributed by atoms with van der Waals surface area (Å²) in [6.45, 7) is 3.66. The van der Waals surface area contributed by atoms with Crippen LogP contribution in [0.1, 0.15) is 5.56 Å². The van der Waals surface area contributed by atoms with Gasteiger partial charge in [-0.3, -0.25) is 4.55 Å². The second kappa shape index (κ2) is 5.26. The lowest BCUT2D eigenvalue weighted by Gasteiger charge is -2.06. The van der Waals surface area contributed by atoms with Gasteiger partial charge in [-0.05, 0) is 42.0 Å². The lowest BCUT2D eigenvalue weighted by Crippen LogP contribution is -1.97. The molecule has 0 radical (unpaired) electrons. The number of rotatable bonds is 4. The Kier molecular flexibility index (Phi) is 3.69. The van der Waals surface area contributed by atoms with E-state index in [1.165, 1.54) is 24.3 Å². The van der Waals surface area contributed by atoms with E-state index in [2.05, 4.69) is 6.58 Å². The normalized spacial score (nSPS) is 11.0. The fraction of sp³-hybridized carbons (Fsp3) is 0. The average Bonchev–Trinajstić information content (AvgIpc) is 2.39. The molecule has 0 atom stereocenters. The fourth-order valence-electron chi connectivity index (χ4n) is 1.49. The highest BCUT2D eigenvalue weighted by molar-refractivity contribution is 7.85. The molecule has 0 saturated carbocycles. The average molecular weight is 276 g/mol. The third-order valence-electron chi connectivity index (χ3n) is 2.47. The van der Waals surface area contributed by atoms with E-state index in [1.54, 1.807) is 18.2 Å². The Morgan fingerprint density at radius 2 is 1.42 bits per heavy atom. The summed E-state index contributed by atoms with van der Waals surface area (Å²) >= 11 is 0. The molecule has 0 aliphatic rings. The standard InChI is InChI=1S/C14H12O4S/c1-2-11-3-5-12(6-4-11)18-13-7-9-14(10-8-13)19(15,16)17/h2-10H,1H2,(H,15,16,17). The van der Waals surface area contributed by atoms with Crippen molar-refractivity contribution in [1.29, 1.82) is 0 Å². The topological polar surface area (TPSA) is 63.6 Å². The molecule has 2 aromatic rings. The molecule has 98 valence electrons. The van der Waals surface area contributed by atoms with Crippen LogP contribution in [0.25, 0.3) is 6.08 Å². The molecule has 0 aliphatic carbocycles. The van der Waals surface area contributed by atoms with Crippen LogP contribution >= 0.6 is 0 Å². The highest BCUT2D eigenvalue weighted by Crippen LogP contribution is 2.23. The van der Waals surface area contributed by atoms with Gasteiger partial charge in [-0.1, -0.05) is 24.8 Å². The molecule has 0 aliphatic heterocycles. The summed E-state index contributed by atoms with van der Waals surface area (Å²) in [5.74, 6) is 1.11. The van der Waals surface area contributed by atoms with Gasteiger partial charge in [0.25, 0.3) is 10.1 Å². The molecule has 0 saturated heterocycles. The van der Waals surface area contributed by atoms with Crippen LogP contribution in [0.5, 0.6) is 11.5 Å². The van der Waals surface area contributed by atoms with Crippen molar-refractivity contribution in [1.82, 2.24) is 0 Å². The molecule has 2 aromatic carbocycles. The van der Waals surface area contributed by atoms with Gasteiger partial charge >= 0.3 is 0 Å². The minimum atomic E-state index is -4.17. The largest absolute Gasteiger partial charge is 0.457 e. The van der Waals surface area contributed by atoms with E-state index in [-0.39, 0.29) is 4.90 Å². The van der Waals surface area contributed by atoms with Crippen LogP contribution in [0.4, 0.5) is 0 Å². The van der Waals surface area contributed by atoms with E-state index < -0.39 is 10.1 Å². The van der Waals surface area contributed by atoms with E-state index in [9.17, 15) is 8.42 Å². The van der Waals surface area contributed by atoms with E-state index in [4.69, 9.17) is 9.29 Å². The van der Waals surface area contributed by atoms with Crippen LogP contribution in [0.2, 0.25) is 0 Å². The van der Waals surface area contributed by atoms with Gasteiger partial charge in [0.1, 0.15) is 11.5 Å². The van der Waals surface area contributed by atoms with Gasteiger partial charge in [0.2, 0.25) is 0 Å². The van der Waals surface area contributed by atoms with E-state index in [0.29, 0.717) is 11.5 Å². The number of hydrogen-bond acceptors (Lipinski definition) is 3. The van der Waals surface area contributed by atoms with E-state index in [1.807, 2.05) is 12.1 Å². The summed E-state index contributed by atoms with van der Waals surface area (Å²) in [6, 6.07) is 12.8. The molecule has 0 bridgehead atoms. The van der Waals surface area contributed by atoms with Crippen molar-refractivity contribution < 1.29 is 17.7 Å². The van der Waals surface area contributed by atoms with Crippen LogP contribution in [-0.2, 0) is 10.1 Å². The van der Waals surface area contributed by atoms with E-state index in [0.717, 1.165) is 5.56 Å². The quantitative estimate of drug-likeness (QED) is 0.870. The Balaban J connectivity index is 2.17. The van der Waals surface area contributed by atoms with Crippen molar-refractivity contribution in [3.63, 3.8) is 0 Å². The first-order chi connectivity index (χ1) is 8.99. The van der Waals surface area contributed by atoms with E-state index >= 15 is 0 Å². The molecule has 0 amide bonds. The highest BCUT2D eigenvalue weighted by atomic mass is 32.2. The molecule has 1 N–H and O–H groups in total. The maximum atomic E-state index is 10.9.